The van der Waals surface area contributed by atoms with E-state index >= 15 is 0 Å². The molecule has 0 radical (unpaired) electrons. The van der Waals surface area contributed by atoms with Crippen molar-refractivity contribution in [2.75, 3.05) is 0 Å². The van der Waals surface area contributed by atoms with E-state index in [9.17, 15) is 23.6 Å². The largest absolute Gasteiger partial charge is 0.325 e. The van der Waals surface area contributed by atoms with E-state index < -0.39 is 34.2 Å². The van der Waals surface area contributed by atoms with E-state index in [1.165, 1.54) is 18.2 Å². The number of halogens is 1. The molecule has 0 aliphatic heterocycles. The zero-order chi connectivity index (χ0) is 17.3. The maximum Gasteiger partial charge on any atom is 0.325 e. The van der Waals surface area contributed by atoms with Crippen molar-refractivity contribution >= 4 is 0 Å². The number of rotatable bonds is 3. The molecule has 2 heterocycles. The maximum atomic E-state index is 14.3. The third-order valence-corrected chi connectivity index (χ3v) is 3.53. The molecule has 0 spiro atoms. The van der Waals surface area contributed by atoms with Gasteiger partial charge in [0.1, 0.15) is 5.82 Å². The summed E-state index contributed by atoms with van der Waals surface area (Å²) in [5.74, 6) is -1.76. The van der Waals surface area contributed by atoms with Crippen molar-refractivity contribution in [2.45, 2.75) is 5.92 Å². The number of aromatic nitrogens is 4. The Morgan fingerprint density at radius 2 is 1.25 bits per heavy atom. The molecule has 0 saturated heterocycles. The van der Waals surface area contributed by atoms with E-state index in [4.69, 9.17) is 0 Å². The molecule has 0 aliphatic carbocycles. The lowest BCUT2D eigenvalue weighted by Crippen LogP contribution is -2.31. The fourth-order valence-electron chi connectivity index (χ4n) is 2.48. The topological polar surface area (TPSA) is 131 Å². The van der Waals surface area contributed by atoms with Crippen LogP contribution in [0.25, 0.3) is 0 Å². The lowest BCUT2D eigenvalue weighted by Gasteiger charge is -2.16. The summed E-state index contributed by atoms with van der Waals surface area (Å²) in [4.78, 5) is 55.4. The second-order valence-electron chi connectivity index (χ2n) is 5.01. The Morgan fingerprint density at radius 3 is 1.71 bits per heavy atom. The minimum atomic E-state index is -1.12. The first-order valence-electron chi connectivity index (χ1n) is 6.85. The molecule has 0 aliphatic rings. The summed E-state index contributed by atoms with van der Waals surface area (Å²) in [7, 11) is 0. The fourth-order valence-corrected chi connectivity index (χ4v) is 2.48. The Balaban J connectivity index is 2.35. The van der Waals surface area contributed by atoms with Gasteiger partial charge in [0.15, 0.2) is 0 Å². The monoisotopic (exact) mass is 330 g/mol. The minimum Gasteiger partial charge on any atom is -0.314 e. The highest BCUT2D eigenvalue weighted by molar-refractivity contribution is 5.40. The van der Waals surface area contributed by atoms with Crippen molar-refractivity contribution in [2.24, 2.45) is 0 Å². The lowest BCUT2D eigenvalue weighted by molar-refractivity contribution is 0.604. The summed E-state index contributed by atoms with van der Waals surface area (Å²) in [5, 5.41) is 0. The summed E-state index contributed by atoms with van der Waals surface area (Å²) in [6.45, 7) is 0. The first-order chi connectivity index (χ1) is 11.5. The number of H-pyrrole nitrogens is 4. The third kappa shape index (κ3) is 2.74. The van der Waals surface area contributed by atoms with Gasteiger partial charge >= 0.3 is 11.4 Å². The Morgan fingerprint density at radius 1 is 0.750 bits per heavy atom. The van der Waals surface area contributed by atoms with Gasteiger partial charge in [0.05, 0.1) is 5.92 Å². The first kappa shape index (κ1) is 15.4. The van der Waals surface area contributed by atoms with Gasteiger partial charge in [-0.05, 0) is 6.07 Å². The average molecular weight is 330 g/mol. The molecule has 0 fully saturated rings. The van der Waals surface area contributed by atoms with Gasteiger partial charge in [0.25, 0.3) is 11.1 Å². The lowest BCUT2D eigenvalue weighted by atomic mass is 9.87. The van der Waals surface area contributed by atoms with Crippen LogP contribution >= 0.6 is 0 Å². The highest BCUT2D eigenvalue weighted by Crippen LogP contribution is 2.28. The highest BCUT2D eigenvalue weighted by atomic mass is 19.1. The molecular weight excluding hydrogens is 319 g/mol. The SMILES string of the molecule is O=c1[nH]cc(C(c2ccccc2F)c2c[nH]c(=O)[nH]c2=O)c(=O)[nH]1. The molecule has 0 unspecified atom stereocenters. The number of aromatic amines is 4. The number of nitrogens with one attached hydrogen (secondary N) is 4. The molecule has 24 heavy (non-hydrogen) atoms. The smallest absolute Gasteiger partial charge is 0.314 e. The van der Waals surface area contributed by atoms with Gasteiger partial charge in [-0.2, -0.15) is 0 Å². The average Bonchev–Trinajstić information content (AvgIpc) is 2.52. The quantitative estimate of drug-likeness (QED) is 0.527. The molecule has 9 heteroatoms. The summed E-state index contributed by atoms with van der Waals surface area (Å²) in [6.07, 6.45) is 2.23. The molecule has 8 nitrogen and oxygen atoms in total. The Kier molecular flexibility index (Phi) is 3.82. The van der Waals surface area contributed by atoms with E-state index in [0.29, 0.717) is 0 Å². The molecule has 3 rings (SSSR count). The molecule has 0 saturated carbocycles. The van der Waals surface area contributed by atoms with Crippen LogP contribution in [0.2, 0.25) is 0 Å². The predicted octanol–water partition coefficient (Wildman–Crippen LogP) is -0.241. The Bertz CT molecular complexity index is 1060. The summed E-state index contributed by atoms with van der Waals surface area (Å²) >= 11 is 0. The second kappa shape index (κ2) is 5.95. The van der Waals surface area contributed by atoms with Crippen LogP contribution in [0.1, 0.15) is 22.6 Å². The van der Waals surface area contributed by atoms with Crippen molar-refractivity contribution in [1.82, 2.24) is 19.9 Å². The van der Waals surface area contributed by atoms with E-state index in [1.807, 2.05) is 9.97 Å². The molecule has 0 amide bonds. The molecule has 122 valence electrons. The van der Waals surface area contributed by atoms with Crippen LogP contribution < -0.4 is 22.5 Å². The number of hydrogen-bond donors (Lipinski definition) is 4. The number of hydrogen-bond acceptors (Lipinski definition) is 4. The molecule has 1 aromatic carbocycles. The molecule has 2 aromatic heterocycles. The standard InChI is InChI=1S/C15H11FN4O4/c16-10-4-2-1-3-7(10)11(8-5-17-14(23)19-12(8)21)9-6-18-15(24)20-13(9)22/h1-6,11H,(H2,17,19,21,23)(H2,18,20,22,24). The highest BCUT2D eigenvalue weighted by Gasteiger charge is 2.25. The van der Waals surface area contributed by atoms with Crippen LogP contribution in [-0.2, 0) is 0 Å². The number of benzene rings is 1. The van der Waals surface area contributed by atoms with Crippen molar-refractivity contribution in [3.05, 3.63) is 101 Å². The first-order valence-corrected chi connectivity index (χ1v) is 6.85. The van der Waals surface area contributed by atoms with Crippen LogP contribution in [0.4, 0.5) is 4.39 Å². The van der Waals surface area contributed by atoms with Crippen molar-refractivity contribution in [1.29, 1.82) is 0 Å². The maximum absolute atomic E-state index is 14.3. The van der Waals surface area contributed by atoms with Crippen LogP contribution in [0.15, 0.2) is 55.8 Å². The predicted molar refractivity (Wildman–Crippen MR) is 82.7 cm³/mol. The zero-order valence-corrected chi connectivity index (χ0v) is 12.1. The normalized spacial score (nSPS) is 10.9. The second-order valence-corrected chi connectivity index (χ2v) is 5.01. The molecule has 0 bridgehead atoms. The van der Waals surface area contributed by atoms with Crippen molar-refractivity contribution in [3.8, 4) is 0 Å². The summed E-state index contributed by atoms with van der Waals surface area (Å²) in [6, 6.07) is 5.60. The van der Waals surface area contributed by atoms with E-state index in [2.05, 4.69) is 9.97 Å². The van der Waals surface area contributed by atoms with Gasteiger partial charge in [-0.15, -0.1) is 0 Å². The minimum absolute atomic E-state index is 0.0442. The third-order valence-electron chi connectivity index (χ3n) is 3.53. The zero-order valence-electron chi connectivity index (χ0n) is 12.1. The van der Waals surface area contributed by atoms with Gasteiger partial charge in [0.2, 0.25) is 0 Å². The van der Waals surface area contributed by atoms with Crippen molar-refractivity contribution < 1.29 is 4.39 Å². The van der Waals surface area contributed by atoms with Crippen molar-refractivity contribution in [3.63, 3.8) is 0 Å². The van der Waals surface area contributed by atoms with Gasteiger partial charge in [0, 0.05) is 29.1 Å². The molecule has 3 aromatic rings. The molecule has 0 atom stereocenters. The van der Waals surface area contributed by atoms with Crippen LogP contribution in [0.3, 0.4) is 0 Å². The Hall–Kier alpha value is -3.49. The van der Waals surface area contributed by atoms with Gasteiger partial charge < -0.3 is 9.97 Å². The van der Waals surface area contributed by atoms with E-state index in [-0.39, 0.29) is 16.7 Å². The van der Waals surface area contributed by atoms with Gasteiger partial charge in [-0.1, -0.05) is 18.2 Å². The van der Waals surface area contributed by atoms with Gasteiger partial charge in [-0.25, -0.2) is 14.0 Å². The van der Waals surface area contributed by atoms with E-state index in [1.54, 1.807) is 6.07 Å². The molecule has 4 N–H and O–H groups in total. The van der Waals surface area contributed by atoms with Crippen LogP contribution in [0, 0.1) is 5.82 Å². The summed E-state index contributed by atoms with van der Waals surface area (Å²) < 4.78 is 14.3. The van der Waals surface area contributed by atoms with E-state index in [0.717, 1.165) is 12.4 Å². The van der Waals surface area contributed by atoms with Gasteiger partial charge in [-0.3, -0.25) is 19.6 Å². The van der Waals surface area contributed by atoms with Crippen LogP contribution in [-0.4, -0.2) is 19.9 Å². The molecular formula is C15H11FN4O4. The Labute approximate surface area is 132 Å². The summed E-state index contributed by atoms with van der Waals surface area (Å²) in [5.41, 5.74) is -3.03. The fraction of sp³-hybridized carbons (Fsp3) is 0.0667. The van der Waals surface area contributed by atoms with Crippen LogP contribution in [0.5, 0.6) is 0 Å².